The predicted octanol–water partition coefficient (Wildman–Crippen LogP) is 1.77. The standard InChI is InChI=1S/C9H12ClN3OS.C2HF3O2/c10-9-13-7(5-15-9)8(14)12-4-6-1-2-11-3-6;3-2(4,5)1(6)7/h5-6,11H,1-4H2,(H,12,14);(H,6,7)/t6-;/m0./s1. The van der Waals surface area contributed by atoms with Crippen molar-refractivity contribution in [1.29, 1.82) is 0 Å². The first-order valence-electron chi connectivity index (χ1n) is 6.10. The van der Waals surface area contributed by atoms with Crippen molar-refractivity contribution in [2.24, 2.45) is 5.92 Å². The number of rotatable bonds is 3. The van der Waals surface area contributed by atoms with Crippen molar-refractivity contribution in [3.8, 4) is 0 Å². The molecule has 124 valence electrons. The molecule has 1 fully saturated rings. The van der Waals surface area contributed by atoms with Crippen molar-refractivity contribution in [3.63, 3.8) is 0 Å². The van der Waals surface area contributed by atoms with Gasteiger partial charge in [0, 0.05) is 11.9 Å². The average Bonchev–Trinajstić information content (AvgIpc) is 3.06. The highest BCUT2D eigenvalue weighted by Gasteiger charge is 2.38. The molecule has 22 heavy (non-hydrogen) atoms. The number of carbonyl (C=O) groups is 2. The first-order valence-corrected chi connectivity index (χ1v) is 7.36. The topological polar surface area (TPSA) is 91.3 Å². The molecule has 1 saturated heterocycles. The fourth-order valence-electron chi connectivity index (χ4n) is 1.57. The molecule has 1 aromatic heterocycles. The molecule has 3 N–H and O–H groups in total. The summed E-state index contributed by atoms with van der Waals surface area (Å²) < 4.78 is 32.1. The zero-order valence-corrected chi connectivity index (χ0v) is 12.7. The fraction of sp³-hybridized carbons (Fsp3) is 0.545. The normalized spacial score (nSPS) is 17.5. The number of aliphatic carboxylic acids is 1. The van der Waals surface area contributed by atoms with Crippen LogP contribution in [-0.2, 0) is 4.79 Å². The number of aromatic nitrogens is 1. The van der Waals surface area contributed by atoms with Crippen LogP contribution in [0.4, 0.5) is 13.2 Å². The molecule has 6 nitrogen and oxygen atoms in total. The summed E-state index contributed by atoms with van der Waals surface area (Å²) in [5.41, 5.74) is 0.413. The summed E-state index contributed by atoms with van der Waals surface area (Å²) in [5.74, 6) is -2.35. The molecule has 1 aliphatic heterocycles. The molecule has 0 aliphatic carbocycles. The Kier molecular flexibility index (Phi) is 7.04. The van der Waals surface area contributed by atoms with E-state index in [9.17, 15) is 18.0 Å². The van der Waals surface area contributed by atoms with E-state index >= 15 is 0 Å². The highest BCUT2D eigenvalue weighted by Crippen LogP contribution is 2.15. The van der Waals surface area contributed by atoms with Crippen molar-refractivity contribution in [3.05, 3.63) is 15.5 Å². The monoisotopic (exact) mass is 359 g/mol. The lowest BCUT2D eigenvalue weighted by Crippen LogP contribution is -2.30. The summed E-state index contributed by atoms with van der Waals surface area (Å²) in [6, 6.07) is 0. The number of alkyl halides is 3. The van der Waals surface area contributed by atoms with Crippen LogP contribution in [0.3, 0.4) is 0 Å². The zero-order chi connectivity index (χ0) is 16.8. The lowest BCUT2D eigenvalue weighted by Gasteiger charge is -2.08. The number of halogens is 4. The van der Waals surface area contributed by atoms with Crippen LogP contribution >= 0.6 is 22.9 Å². The Hall–Kier alpha value is -1.39. The number of carbonyl (C=O) groups excluding carboxylic acids is 1. The van der Waals surface area contributed by atoms with Crippen LogP contribution in [0.15, 0.2) is 5.38 Å². The van der Waals surface area contributed by atoms with Gasteiger partial charge in [-0.25, -0.2) is 9.78 Å². The van der Waals surface area contributed by atoms with E-state index in [0.29, 0.717) is 22.6 Å². The largest absolute Gasteiger partial charge is 0.490 e. The second-order valence-corrected chi connectivity index (χ2v) is 5.80. The minimum Gasteiger partial charge on any atom is -0.475 e. The fourth-order valence-corrected chi connectivity index (χ4v) is 2.32. The van der Waals surface area contributed by atoms with Crippen molar-refractivity contribution in [2.75, 3.05) is 19.6 Å². The lowest BCUT2D eigenvalue weighted by molar-refractivity contribution is -0.192. The molecule has 1 aromatic rings. The van der Waals surface area contributed by atoms with E-state index in [2.05, 4.69) is 15.6 Å². The first kappa shape index (κ1) is 18.7. The van der Waals surface area contributed by atoms with Gasteiger partial charge in [0.1, 0.15) is 5.69 Å². The average molecular weight is 360 g/mol. The highest BCUT2D eigenvalue weighted by molar-refractivity contribution is 7.14. The van der Waals surface area contributed by atoms with E-state index in [1.54, 1.807) is 5.38 Å². The summed E-state index contributed by atoms with van der Waals surface area (Å²) in [4.78, 5) is 24.4. The van der Waals surface area contributed by atoms with Crippen LogP contribution in [0, 0.1) is 5.92 Å². The molecule has 0 saturated carbocycles. The number of hydrogen-bond acceptors (Lipinski definition) is 5. The number of thiazole rings is 1. The van der Waals surface area contributed by atoms with Gasteiger partial charge >= 0.3 is 12.1 Å². The maximum absolute atomic E-state index is 11.6. The summed E-state index contributed by atoms with van der Waals surface area (Å²) in [6.45, 7) is 2.74. The maximum Gasteiger partial charge on any atom is 0.490 e. The summed E-state index contributed by atoms with van der Waals surface area (Å²) in [6.07, 6.45) is -3.96. The Morgan fingerprint density at radius 2 is 2.18 bits per heavy atom. The molecule has 0 bridgehead atoms. The Morgan fingerprint density at radius 1 is 1.55 bits per heavy atom. The Morgan fingerprint density at radius 3 is 2.59 bits per heavy atom. The first-order chi connectivity index (χ1) is 10.2. The minimum atomic E-state index is -5.08. The van der Waals surface area contributed by atoms with Gasteiger partial charge in [0.15, 0.2) is 4.47 Å². The number of hydrogen-bond donors (Lipinski definition) is 3. The number of carboxylic acid groups (broad SMARTS) is 1. The van der Waals surface area contributed by atoms with E-state index in [0.717, 1.165) is 19.5 Å². The van der Waals surface area contributed by atoms with Crippen LogP contribution in [0.5, 0.6) is 0 Å². The number of carboxylic acids is 1. The third-order valence-electron chi connectivity index (χ3n) is 2.66. The molecule has 2 heterocycles. The van der Waals surface area contributed by atoms with Gasteiger partial charge in [-0.3, -0.25) is 4.79 Å². The molecule has 0 spiro atoms. The Labute approximate surface area is 132 Å². The molecular formula is C11H13ClF3N3O3S. The summed E-state index contributed by atoms with van der Waals surface area (Å²) in [5, 5.41) is 14.9. The third-order valence-corrected chi connectivity index (χ3v) is 3.64. The van der Waals surface area contributed by atoms with Gasteiger partial charge in [0.05, 0.1) is 0 Å². The molecule has 1 atom stereocenters. The van der Waals surface area contributed by atoms with Crippen LogP contribution in [0.1, 0.15) is 16.9 Å². The predicted molar refractivity (Wildman–Crippen MR) is 74.1 cm³/mol. The van der Waals surface area contributed by atoms with Crippen molar-refractivity contribution < 1.29 is 27.9 Å². The number of nitrogens with zero attached hydrogens (tertiary/aromatic N) is 1. The van der Waals surface area contributed by atoms with Crippen molar-refractivity contribution in [2.45, 2.75) is 12.6 Å². The van der Waals surface area contributed by atoms with Crippen molar-refractivity contribution >= 4 is 34.8 Å². The molecule has 1 aliphatic rings. The molecule has 11 heteroatoms. The van der Waals surface area contributed by atoms with Gasteiger partial charge < -0.3 is 15.7 Å². The summed E-state index contributed by atoms with van der Waals surface area (Å²) >= 11 is 6.92. The number of amides is 1. The smallest absolute Gasteiger partial charge is 0.475 e. The van der Waals surface area contributed by atoms with Crippen LogP contribution in [0.25, 0.3) is 0 Å². The highest BCUT2D eigenvalue weighted by atomic mass is 35.5. The van der Waals surface area contributed by atoms with E-state index < -0.39 is 12.1 Å². The van der Waals surface area contributed by atoms with Crippen LogP contribution < -0.4 is 10.6 Å². The number of nitrogens with one attached hydrogen (secondary N) is 2. The Balaban J connectivity index is 0.000000295. The zero-order valence-electron chi connectivity index (χ0n) is 11.1. The Bertz CT molecular complexity index is 518. The van der Waals surface area contributed by atoms with Crippen LogP contribution in [-0.4, -0.2) is 47.8 Å². The van der Waals surface area contributed by atoms with Gasteiger partial charge in [0.2, 0.25) is 0 Å². The van der Waals surface area contributed by atoms with E-state index in [1.807, 2.05) is 0 Å². The lowest BCUT2D eigenvalue weighted by atomic mass is 10.1. The van der Waals surface area contributed by atoms with E-state index in [1.165, 1.54) is 11.3 Å². The minimum absolute atomic E-state index is 0.134. The summed E-state index contributed by atoms with van der Waals surface area (Å²) in [7, 11) is 0. The quantitative estimate of drug-likeness (QED) is 0.765. The molecular weight excluding hydrogens is 347 g/mol. The second-order valence-electron chi connectivity index (χ2n) is 4.36. The van der Waals surface area contributed by atoms with E-state index in [-0.39, 0.29) is 5.91 Å². The van der Waals surface area contributed by atoms with E-state index in [4.69, 9.17) is 21.5 Å². The molecule has 0 radical (unpaired) electrons. The second kappa shape index (κ2) is 8.30. The SMILES string of the molecule is O=C(NC[C@H]1CCNC1)c1csc(Cl)n1.O=C(O)C(F)(F)F. The van der Waals surface area contributed by atoms with Gasteiger partial charge in [-0.05, 0) is 25.4 Å². The third kappa shape index (κ3) is 6.58. The van der Waals surface area contributed by atoms with Crippen LogP contribution in [0.2, 0.25) is 4.47 Å². The molecule has 1 amide bonds. The maximum atomic E-state index is 11.6. The molecule has 2 rings (SSSR count). The molecule has 0 aromatic carbocycles. The van der Waals surface area contributed by atoms with Gasteiger partial charge in [-0.2, -0.15) is 13.2 Å². The molecule has 0 unspecified atom stereocenters. The van der Waals surface area contributed by atoms with Gasteiger partial charge in [-0.1, -0.05) is 11.6 Å². The van der Waals surface area contributed by atoms with Gasteiger partial charge in [0.25, 0.3) is 5.91 Å². The van der Waals surface area contributed by atoms with Crippen molar-refractivity contribution in [1.82, 2.24) is 15.6 Å². The van der Waals surface area contributed by atoms with Gasteiger partial charge in [-0.15, -0.1) is 11.3 Å².